The first-order valence-electron chi connectivity index (χ1n) is 7.65. The van der Waals surface area contributed by atoms with Crippen LogP contribution in [0.5, 0.6) is 11.5 Å². The number of fused-ring (bicyclic) bond motifs is 1. The first-order chi connectivity index (χ1) is 9.99. The van der Waals surface area contributed by atoms with Crippen LogP contribution in [0.4, 0.5) is 0 Å². The summed E-state index contributed by atoms with van der Waals surface area (Å²) in [6.45, 7) is 8.39. The van der Waals surface area contributed by atoms with Crippen LogP contribution in [-0.4, -0.2) is 38.8 Å². The summed E-state index contributed by atoms with van der Waals surface area (Å²) in [5.41, 5.74) is 8.77. The third kappa shape index (κ3) is 3.89. The van der Waals surface area contributed by atoms with Crippen molar-refractivity contribution in [2.24, 2.45) is 11.1 Å². The summed E-state index contributed by atoms with van der Waals surface area (Å²) in [6.07, 6.45) is 2.20. The number of nitrogens with zero attached hydrogens (tertiary/aromatic N) is 1. The van der Waals surface area contributed by atoms with Crippen LogP contribution in [0.2, 0.25) is 0 Å². The first-order valence-corrected chi connectivity index (χ1v) is 7.65. The molecule has 1 aromatic carbocycles. The van der Waals surface area contributed by atoms with Gasteiger partial charge >= 0.3 is 0 Å². The van der Waals surface area contributed by atoms with Gasteiger partial charge in [-0.05, 0) is 54.6 Å². The molecule has 1 heterocycles. The molecule has 0 spiro atoms. The molecule has 0 unspecified atom stereocenters. The molecule has 0 saturated carbocycles. The van der Waals surface area contributed by atoms with Crippen molar-refractivity contribution in [1.82, 2.24) is 4.90 Å². The molecule has 1 aliphatic rings. The number of ether oxygens (including phenoxy) is 2. The molecule has 0 fully saturated rings. The Bertz CT molecular complexity index is 486. The molecule has 2 rings (SSSR count). The van der Waals surface area contributed by atoms with Gasteiger partial charge in [0.25, 0.3) is 0 Å². The largest absolute Gasteiger partial charge is 0.493 e. The molecule has 1 aliphatic heterocycles. The zero-order valence-electron chi connectivity index (χ0n) is 13.7. The fourth-order valence-corrected chi connectivity index (χ4v) is 2.70. The van der Waals surface area contributed by atoms with Crippen molar-refractivity contribution >= 4 is 0 Å². The predicted octanol–water partition coefficient (Wildman–Crippen LogP) is 2.44. The van der Waals surface area contributed by atoms with E-state index in [4.69, 9.17) is 15.2 Å². The Labute approximate surface area is 128 Å². The van der Waals surface area contributed by atoms with Crippen LogP contribution in [0.3, 0.4) is 0 Å². The molecule has 0 bridgehead atoms. The second-order valence-corrected chi connectivity index (χ2v) is 6.62. The quantitative estimate of drug-likeness (QED) is 0.875. The molecule has 0 aliphatic carbocycles. The number of nitrogens with two attached hydrogens (primary N) is 1. The lowest BCUT2D eigenvalue weighted by Crippen LogP contribution is -2.35. The highest BCUT2D eigenvalue weighted by atomic mass is 16.5. The van der Waals surface area contributed by atoms with E-state index in [2.05, 4.69) is 30.9 Å². The van der Waals surface area contributed by atoms with E-state index >= 15 is 0 Å². The molecule has 118 valence electrons. The summed E-state index contributed by atoms with van der Waals surface area (Å²) >= 11 is 0. The number of benzene rings is 1. The highest BCUT2D eigenvalue weighted by Gasteiger charge is 2.22. The smallest absolute Gasteiger partial charge is 0.161 e. The first kappa shape index (κ1) is 16.1. The Hall–Kier alpha value is -1.26. The van der Waals surface area contributed by atoms with Gasteiger partial charge in [-0.15, -0.1) is 0 Å². The third-order valence-electron chi connectivity index (χ3n) is 4.45. The van der Waals surface area contributed by atoms with E-state index in [1.165, 1.54) is 11.1 Å². The molecule has 2 N–H and O–H groups in total. The molecule has 0 aromatic heterocycles. The normalized spacial score (nSPS) is 15.7. The van der Waals surface area contributed by atoms with Crippen LogP contribution in [0, 0.1) is 5.41 Å². The van der Waals surface area contributed by atoms with Crippen LogP contribution >= 0.6 is 0 Å². The van der Waals surface area contributed by atoms with E-state index in [1.807, 2.05) is 0 Å². The van der Waals surface area contributed by atoms with Gasteiger partial charge in [0.2, 0.25) is 0 Å². The van der Waals surface area contributed by atoms with E-state index in [-0.39, 0.29) is 5.41 Å². The number of methoxy groups -OCH3 is 2. The average molecular weight is 292 g/mol. The van der Waals surface area contributed by atoms with Gasteiger partial charge in [0.05, 0.1) is 14.2 Å². The minimum absolute atomic E-state index is 0.220. The summed E-state index contributed by atoms with van der Waals surface area (Å²) in [7, 11) is 3.38. The van der Waals surface area contributed by atoms with Crippen molar-refractivity contribution in [1.29, 1.82) is 0 Å². The zero-order valence-corrected chi connectivity index (χ0v) is 13.7. The summed E-state index contributed by atoms with van der Waals surface area (Å²) in [4.78, 5) is 2.51. The van der Waals surface area contributed by atoms with Crippen molar-refractivity contribution in [3.8, 4) is 11.5 Å². The van der Waals surface area contributed by atoms with E-state index < -0.39 is 0 Å². The van der Waals surface area contributed by atoms with Gasteiger partial charge in [-0.25, -0.2) is 0 Å². The van der Waals surface area contributed by atoms with E-state index in [0.29, 0.717) is 0 Å². The Kier molecular flexibility index (Phi) is 5.12. The van der Waals surface area contributed by atoms with Gasteiger partial charge in [-0.1, -0.05) is 13.8 Å². The van der Waals surface area contributed by atoms with Crippen molar-refractivity contribution in [3.05, 3.63) is 23.3 Å². The van der Waals surface area contributed by atoms with E-state index in [9.17, 15) is 0 Å². The highest BCUT2D eigenvalue weighted by Crippen LogP contribution is 2.33. The Morgan fingerprint density at radius 3 is 2.33 bits per heavy atom. The van der Waals surface area contributed by atoms with Crippen molar-refractivity contribution in [2.45, 2.75) is 33.2 Å². The monoisotopic (exact) mass is 292 g/mol. The van der Waals surface area contributed by atoms with E-state index in [1.54, 1.807) is 14.2 Å². The molecule has 21 heavy (non-hydrogen) atoms. The highest BCUT2D eigenvalue weighted by molar-refractivity contribution is 5.48. The second-order valence-electron chi connectivity index (χ2n) is 6.62. The summed E-state index contributed by atoms with van der Waals surface area (Å²) in [5, 5.41) is 0. The van der Waals surface area contributed by atoms with Crippen molar-refractivity contribution in [2.75, 3.05) is 33.9 Å². The van der Waals surface area contributed by atoms with Gasteiger partial charge < -0.3 is 15.2 Å². The van der Waals surface area contributed by atoms with Crippen LogP contribution in [0.1, 0.15) is 31.4 Å². The number of hydrogen-bond acceptors (Lipinski definition) is 4. The maximum atomic E-state index is 5.82. The fourth-order valence-electron chi connectivity index (χ4n) is 2.70. The average Bonchev–Trinajstić information content (AvgIpc) is 2.51. The third-order valence-corrected chi connectivity index (χ3v) is 4.45. The lowest BCUT2D eigenvalue weighted by atomic mass is 9.89. The van der Waals surface area contributed by atoms with Gasteiger partial charge in [-0.3, -0.25) is 4.90 Å². The standard InChI is InChI=1S/C17H28N2O2/c1-17(2,12-18)6-8-19-7-5-13-9-15(20-3)16(21-4)10-14(13)11-19/h9-10H,5-8,11-12,18H2,1-4H3. The Balaban J connectivity index is 2.06. The van der Waals surface area contributed by atoms with Crippen LogP contribution in [0.25, 0.3) is 0 Å². The SMILES string of the molecule is COc1cc2c(cc1OC)CN(CCC(C)(C)CN)CC2. The van der Waals surface area contributed by atoms with Gasteiger partial charge in [0.1, 0.15) is 0 Å². The van der Waals surface area contributed by atoms with Crippen molar-refractivity contribution < 1.29 is 9.47 Å². The van der Waals surface area contributed by atoms with Gasteiger partial charge in [-0.2, -0.15) is 0 Å². The van der Waals surface area contributed by atoms with Gasteiger partial charge in [0.15, 0.2) is 11.5 Å². The number of rotatable bonds is 6. The van der Waals surface area contributed by atoms with Gasteiger partial charge in [0, 0.05) is 13.1 Å². The lowest BCUT2D eigenvalue weighted by Gasteiger charge is -2.32. The molecule has 0 radical (unpaired) electrons. The minimum atomic E-state index is 0.220. The van der Waals surface area contributed by atoms with Crippen LogP contribution in [0.15, 0.2) is 12.1 Å². The fraction of sp³-hybridized carbons (Fsp3) is 0.647. The molecule has 0 amide bonds. The van der Waals surface area contributed by atoms with Crippen LogP contribution < -0.4 is 15.2 Å². The molecular weight excluding hydrogens is 264 g/mol. The lowest BCUT2D eigenvalue weighted by molar-refractivity contribution is 0.206. The minimum Gasteiger partial charge on any atom is -0.493 e. The molecular formula is C17H28N2O2. The topological polar surface area (TPSA) is 47.7 Å². The Morgan fingerprint density at radius 2 is 1.76 bits per heavy atom. The maximum absolute atomic E-state index is 5.82. The summed E-state index contributed by atoms with van der Waals surface area (Å²) < 4.78 is 10.8. The predicted molar refractivity (Wildman–Crippen MR) is 86.0 cm³/mol. The molecule has 4 nitrogen and oxygen atoms in total. The Morgan fingerprint density at radius 1 is 1.14 bits per heavy atom. The summed E-state index contributed by atoms with van der Waals surface area (Å²) in [6, 6.07) is 4.24. The molecule has 0 atom stereocenters. The number of hydrogen-bond donors (Lipinski definition) is 1. The van der Waals surface area contributed by atoms with Crippen LogP contribution in [-0.2, 0) is 13.0 Å². The van der Waals surface area contributed by atoms with E-state index in [0.717, 1.165) is 50.5 Å². The maximum Gasteiger partial charge on any atom is 0.161 e. The molecule has 0 saturated heterocycles. The zero-order chi connectivity index (χ0) is 15.5. The summed E-state index contributed by atoms with van der Waals surface area (Å²) in [5.74, 6) is 1.65. The second kappa shape index (κ2) is 6.67. The van der Waals surface area contributed by atoms with Crippen molar-refractivity contribution in [3.63, 3.8) is 0 Å². The molecule has 1 aromatic rings. The molecule has 4 heteroatoms.